The van der Waals surface area contributed by atoms with Gasteiger partial charge in [-0.05, 0) is 47.5 Å². The summed E-state index contributed by atoms with van der Waals surface area (Å²) >= 11 is 0. The van der Waals surface area contributed by atoms with Crippen molar-refractivity contribution in [2.24, 2.45) is 4.99 Å². The monoisotopic (exact) mass is 540 g/mol. The fourth-order valence-electron chi connectivity index (χ4n) is 4.88. The van der Waals surface area contributed by atoms with Crippen LogP contribution >= 0.6 is 0 Å². The van der Waals surface area contributed by atoms with Gasteiger partial charge in [0.15, 0.2) is 0 Å². The number of piperazine rings is 1. The first-order valence-electron chi connectivity index (χ1n) is 12.2. The van der Waals surface area contributed by atoms with E-state index < -0.39 is 35.7 Å². The smallest absolute Gasteiger partial charge is 0.416 e. The van der Waals surface area contributed by atoms with Gasteiger partial charge in [-0.25, -0.2) is 9.18 Å². The van der Waals surface area contributed by atoms with E-state index in [-0.39, 0.29) is 31.4 Å². The first kappa shape index (κ1) is 26.2. The molecule has 1 fully saturated rings. The third kappa shape index (κ3) is 5.16. The molecule has 0 saturated carbocycles. The number of alkyl halides is 3. The number of urea groups is 1. The SMILES string of the molecule is COc1ccccc1C1=NC(c2ccc(C(F)(F)F)cc2)C(c2cccc(F)c2)N1C(=O)N1CCNC(=O)C1. The number of para-hydroxylation sites is 1. The maximum atomic E-state index is 14.5. The van der Waals surface area contributed by atoms with Crippen LogP contribution in [0.3, 0.4) is 0 Å². The van der Waals surface area contributed by atoms with Crippen molar-refractivity contribution < 1.29 is 31.9 Å². The van der Waals surface area contributed by atoms with E-state index in [0.717, 1.165) is 12.1 Å². The lowest BCUT2D eigenvalue weighted by Crippen LogP contribution is -2.55. The molecule has 11 heteroatoms. The van der Waals surface area contributed by atoms with Crippen LogP contribution < -0.4 is 10.1 Å². The molecule has 2 heterocycles. The average Bonchev–Trinajstić information content (AvgIpc) is 3.32. The minimum atomic E-state index is -4.53. The van der Waals surface area contributed by atoms with Crippen molar-refractivity contribution in [1.82, 2.24) is 15.1 Å². The van der Waals surface area contributed by atoms with Crippen LogP contribution in [-0.4, -0.2) is 54.3 Å². The van der Waals surface area contributed by atoms with Crippen molar-refractivity contribution in [2.75, 3.05) is 26.7 Å². The Morgan fingerprint density at radius 2 is 1.77 bits per heavy atom. The Labute approximate surface area is 221 Å². The third-order valence-corrected chi connectivity index (χ3v) is 6.70. The minimum Gasteiger partial charge on any atom is -0.496 e. The fraction of sp³-hybridized carbons (Fsp3) is 0.250. The van der Waals surface area contributed by atoms with E-state index in [0.29, 0.717) is 22.4 Å². The van der Waals surface area contributed by atoms with Crippen LogP contribution in [0, 0.1) is 5.82 Å². The summed E-state index contributed by atoms with van der Waals surface area (Å²) in [6, 6.07) is 14.7. The summed E-state index contributed by atoms with van der Waals surface area (Å²) in [6.45, 7) is 0.308. The summed E-state index contributed by atoms with van der Waals surface area (Å²) in [4.78, 5) is 33.8. The van der Waals surface area contributed by atoms with E-state index in [1.165, 1.54) is 47.2 Å². The van der Waals surface area contributed by atoms with Crippen LogP contribution in [0.15, 0.2) is 77.8 Å². The van der Waals surface area contributed by atoms with E-state index in [1.54, 1.807) is 30.3 Å². The number of nitrogens with zero attached hydrogens (tertiary/aromatic N) is 3. The Morgan fingerprint density at radius 3 is 2.44 bits per heavy atom. The molecule has 202 valence electrons. The molecule has 7 nitrogen and oxygen atoms in total. The number of aliphatic imine (C=N–C) groups is 1. The van der Waals surface area contributed by atoms with Gasteiger partial charge in [0.2, 0.25) is 5.91 Å². The zero-order valence-electron chi connectivity index (χ0n) is 20.8. The Balaban J connectivity index is 1.69. The standard InChI is InChI=1S/C28H24F4N4O3/c1-39-22-8-3-2-7-21(22)26-34-24(17-9-11-19(12-10-17)28(30,31)32)25(18-5-4-6-20(29)15-18)36(26)27(38)35-14-13-33-23(37)16-35/h2-12,15,24-25H,13-14,16H2,1H3,(H,33,37). The molecule has 2 aliphatic rings. The Kier molecular flexibility index (Phi) is 6.98. The second kappa shape index (κ2) is 10.4. The number of benzene rings is 3. The third-order valence-electron chi connectivity index (χ3n) is 6.70. The van der Waals surface area contributed by atoms with Gasteiger partial charge >= 0.3 is 12.2 Å². The molecule has 0 aromatic heterocycles. The number of carbonyl (C=O) groups excluding carboxylic acids is 2. The van der Waals surface area contributed by atoms with Gasteiger partial charge in [-0.3, -0.25) is 14.7 Å². The molecule has 5 rings (SSSR count). The van der Waals surface area contributed by atoms with Gasteiger partial charge in [0.25, 0.3) is 0 Å². The molecule has 3 aromatic rings. The predicted octanol–water partition coefficient (Wildman–Crippen LogP) is 4.95. The van der Waals surface area contributed by atoms with Gasteiger partial charge in [0.1, 0.15) is 30.0 Å². The lowest BCUT2D eigenvalue weighted by molar-refractivity contribution is -0.137. The van der Waals surface area contributed by atoms with Crippen LogP contribution in [0.4, 0.5) is 22.4 Å². The van der Waals surface area contributed by atoms with Crippen LogP contribution in [0.1, 0.15) is 34.3 Å². The van der Waals surface area contributed by atoms with Gasteiger partial charge in [-0.1, -0.05) is 36.4 Å². The Bertz CT molecular complexity index is 1420. The second-order valence-corrected chi connectivity index (χ2v) is 9.14. The molecule has 2 atom stereocenters. The number of halogens is 4. The van der Waals surface area contributed by atoms with Gasteiger partial charge in [0.05, 0.1) is 24.3 Å². The quantitative estimate of drug-likeness (QED) is 0.476. The topological polar surface area (TPSA) is 74.2 Å². The van der Waals surface area contributed by atoms with E-state index >= 15 is 0 Å². The number of ether oxygens (including phenoxy) is 1. The molecule has 0 radical (unpaired) electrons. The molecule has 39 heavy (non-hydrogen) atoms. The highest BCUT2D eigenvalue weighted by Crippen LogP contribution is 2.45. The molecule has 2 unspecified atom stereocenters. The molecule has 1 N–H and O–H groups in total. The van der Waals surface area contributed by atoms with Crippen molar-refractivity contribution in [3.63, 3.8) is 0 Å². The summed E-state index contributed by atoms with van der Waals surface area (Å²) < 4.78 is 59.8. The highest BCUT2D eigenvalue weighted by molar-refractivity contribution is 6.11. The van der Waals surface area contributed by atoms with E-state index in [2.05, 4.69) is 5.32 Å². The number of hydrogen-bond donors (Lipinski definition) is 1. The zero-order valence-corrected chi connectivity index (χ0v) is 20.8. The minimum absolute atomic E-state index is 0.185. The van der Waals surface area contributed by atoms with E-state index in [9.17, 15) is 27.2 Å². The predicted molar refractivity (Wildman–Crippen MR) is 135 cm³/mol. The van der Waals surface area contributed by atoms with E-state index in [4.69, 9.17) is 9.73 Å². The number of hydrogen-bond acceptors (Lipinski definition) is 4. The molecule has 0 aliphatic carbocycles. The van der Waals surface area contributed by atoms with Gasteiger partial charge < -0.3 is 15.0 Å². The van der Waals surface area contributed by atoms with Gasteiger partial charge in [-0.15, -0.1) is 0 Å². The molecule has 2 aliphatic heterocycles. The van der Waals surface area contributed by atoms with Crippen LogP contribution in [0.25, 0.3) is 0 Å². The van der Waals surface area contributed by atoms with Crippen LogP contribution in [-0.2, 0) is 11.0 Å². The number of nitrogens with one attached hydrogen (secondary N) is 1. The number of amidine groups is 1. The highest BCUT2D eigenvalue weighted by atomic mass is 19.4. The molecule has 1 saturated heterocycles. The van der Waals surface area contributed by atoms with Crippen molar-refractivity contribution in [1.29, 1.82) is 0 Å². The molecule has 0 spiro atoms. The van der Waals surface area contributed by atoms with Crippen molar-refractivity contribution in [2.45, 2.75) is 18.3 Å². The molecule has 3 amide bonds. The van der Waals surface area contributed by atoms with Crippen molar-refractivity contribution in [3.05, 3.63) is 101 Å². The largest absolute Gasteiger partial charge is 0.496 e. The summed E-state index contributed by atoms with van der Waals surface area (Å²) in [6.07, 6.45) is -4.53. The normalized spacial score (nSPS) is 19.5. The summed E-state index contributed by atoms with van der Waals surface area (Å²) in [5.74, 6) is -0.264. The number of rotatable bonds is 4. The van der Waals surface area contributed by atoms with Crippen LogP contribution in [0.2, 0.25) is 0 Å². The van der Waals surface area contributed by atoms with Gasteiger partial charge in [0, 0.05) is 13.1 Å². The molecular weight excluding hydrogens is 516 g/mol. The number of carbonyl (C=O) groups is 2. The maximum absolute atomic E-state index is 14.5. The van der Waals surface area contributed by atoms with Crippen molar-refractivity contribution >= 4 is 17.8 Å². The van der Waals surface area contributed by atoms with Crippen molar-refractivity contribution in [3.8, 4) is 5.75 Å². The van der Waals surface area contributed by atoms with Crippen LogP contribution in [0.5, 0.6) is 5.75 Å². The first-order chi connectivity index (χ1) is 18.7. The maximum Gasteiger partial charge on any atom is 0.416 e. The summed E-state index contributed by atoms with van der Waals surface area (Å²) in [7, 11) is 1.47. The summed E-state index contributed by atoms with van der Waals surface area (Å²) in [5.41, 5.74) is 0.429. The Hall–Kier alpha value is -4.41. The number of amides is 3. The average molecular weight is 541 g/mol. The highest BCUT2D eigenvalue weighted by Gasteiger charge is 2.45. The fourth-order valence-corrected chi connectivity index (χ4v) is 4.88. The summed E-state index contributed by atoms with van der Waals surface area (Å²) in [5, 5.41) is 2.68. The molecular formula is C28H24F4N4O3. The zero-order chi connectivity index (χ0) is 27.7. The van der Waals surface area contributed by atoms with Gasteiger partial charge in [-0.2, -0.15) is 13.2 Å². The lowest BCUT2D eigenvalue weighted by Gasteiger charge is -2.35. The first-order valence-corrected chi connectivity index (χ1v) is 12.2. The lowest BCUT2D eigenvalue weighted by atomic mass is 9.93. The second-order valence-electron chi connectivity index (χ2n) is 9.14. The molecule has 0 bridgehead atoms. The molecule has 3 aromatic carbocycles. The van der Waals surface area contributed by atoms with E-state index in [1.807, 2.05) is 0 Å². The number of methoxy groups -OCH3 is 1. The Morgan fingerprint density at radius 1 is 1.03 bits per heavy atom.